The summed E-state index contributed by atoms with van der Waals surface area (Å²) in [6.45, 7) is 1.63. The Kier molecular flexibility index (Phi) is 3.76. The van der Waals surface area contributed by atoms with Crippen LogP contribution in [0.15, 0.2) is 41.3 Å². The third kappa shape index (κ3) is 2.95. The van der Waals surface area contributed by atoms with Gasteiger partial charge in [-0.3, -0.25) is 9.52 Å². The zero-order valence-electron chi connectivity index (χ0n) is 12.7. The van der Waals surface area contributed by atoms with Crippen molar-refractivity contribution < 1.29 is 23.1 Å². The molecule has 0 unspecified atom stereocenters. The van der Waals surface area contributed by atoms with Crippen LogP contribution in [0.1, 0.15) is 21.5 Å². The van der Waals surface area contributed by atoms with Gasteiger partial charge in [-0.25, -0.2) is 13.2 Å². The lowest BCUT2D eigenvalue weighted by molar-refractivity contribution is -0.115. The maximum atomic E-state index is 12.5. The summed E-state index contributed by atoms with van der Waals surface area (Å²) in [5.74, 6) is -1.31. The minimum Gasteiger partial charge on any atom is -0.478 e. The fraction of sp³-hybridized carbons (Fsp3) is 0.125. The molecule has 0 saturated heterocycles. The van der Waals surface area contributed by atoms with E-state index in [1.54, 1.807) is 6.92 Å². The number of aromatic carboxylic acids is 1. The monoisotopic (exact) mass is 346 g/mol. The van der Waals surface area contributed by atoms with Crippen LogP contribution in [0.4, 0.5) is 11.4 Å². The van der Waals surface area contributed by atoms with Crippen LogP contribution in [-0.4, -0.2) is 25.4 Å². The number of hydrogen-bond donors (Lipinski definition) is 3. The second kappa shape index (κ2) is 5.64. The molecule has 2 aromatic carbocycles. The van der Waals surface area contributed by atoms with E-state index in [0.29, 0.717) is 16.8 Å². The van der Waals surface area contributed by atoms with Crippen molar-refractivity contribution in [3.63, 3.8) is 0 Å². The molecule has 0 spiro atoms. The Labute approximate surface area is 138 Å². The number of carboxylic acid groups (broad SMARTS) is 1. The molecule has 0 atom stereocenters. The maximum Gasteiger partial charge on any atom is 0.336 e. The number of carbonyl (C=O) groups is 2. The first-order chi connectivity index (χ1) is 11.3. The van der Waals surface area contributed by atoms with Gasteiger partial charge in [0.2, 0.25) is 5.91 Å². The highest BCUT2D eigenvalue weighted by Gasteiger charge is 2.22. The second-order valence-corrected chi connectivity index (χ2v) is 7.17. The first kappa shape index (κ1) is 16.0. The molecule has 1 amide bonds. The Bertz CT molecular complexity index is 966. The van der Waals surface area contributed by atoms with Crippen molar-refractivity contribution in [2.45, 2.75) is 18.2 Å². The lowest BCUT2D eigenvalue weighted by atomic mass is 10.1. The molecule has 1 aliphatic heterocycles. The Morgan fingerprint density at radius 2 is 1.96 bits per heavy atom. The number of sulfonamides is 1. The molecule has 0 aliphatic carbocycles. The summed E-state index contributed by atoms with van der Waals surface area (Å²) >= 11 is 0. The van der Waals surface area contributed by atoms with Crippen LogP contribution >= 0.6 is 0 Å². The van der Waals surface area contributed by atoms with Crippen molar-refractivity contribution in [2.24, 2.45) is 0 Å². The van der Waals surface area contributed by atoms with Gasteiger partial charge in [0.05, 0.1) is 16.9 Å². The molecule has 24 heavy (non-hydrogen) atoms. The minimum atomic E-state index is -3.89. The van der Waals surface area contributed by atoms with Crippen LogP contribution in [0, 0.1) is 6.92 Å². The number of carboxylic acids is 1. The molecule has 8 heteroatoms. The number of rotatable bonds is 4. The quantitative estimate of drug-likeness (QED) is 0.784. The van der Waals surface area contributed by atoms with E-state index in [4.69, 9.17) is 5.11 Å². The van der Waals surface area contributed by atoms with Crippen LogP contribution in [0.25, 0.3) is 0 Å². The largest absolute Gasteiger partial charge is 0.478 e. The molecule has 2 aromatic rings. The third-order valence-corrected chi connectivity index (χ3v) is 5.11. The van der Waals surface area contributed by atoms with E-state index >= 15 is 0 Å². The number of amides is 1. The first-order valence-corrected chi connectivity index (χ1v) is 8.54. The van der Waals surface area contributed by atoms with Gasteiger partial charge in [0, 0.05) is 11.4 Å². The average Bonchev–Trinajstić information content (AvgIpc) is 2.87. The van der Waals surface area contributed by atoms with Crippen molar-refractivity contribution in [1.82, 2.24) is 0 Å². The molecule has 0 aromatic heterocycles. The van der Waals surface area contributed by atoms with Crippen molar-refractivity contribution in [3.05, 3.63) is 53.1 Å². The summed E-state index contributed by atoms with van der Waals surface area (Å²) in [7, 11) is -3.89. The number of aryl methyl sites for hydroxylation is 1. The van der Waals surface area contributed by atoms with E-state index in [0.717, 1.165) is 0 Å². The Morgan fingerprint density at radius 3 is 2.67 bits per heavy atom. The summed E-state index contributed by atoms with van der Waals surface area (Å²) in [6, 6.07) is 8.66. The van der Waals surface area contributed by atoms with E-state index in [2.05, 4.69) is 10.0 Å². The van der Waals surface area contributed by atoms with Crippen LogP contribution in [0.5, 0.6) is 0 Å². The number of fused-ring (bicyclic) bond motifs is 1. The van der Waals surface area contributed by atoms with E-state index in [1.165, 1.54) is 36.4 Å². The molecule has 0 bridgehead atoms. The normalized spacial score (nSPS) is 13.3. The van der Waals surface area contributed by atoms with Crippen LogP contribution in [-0.2, 0) is 21.2 Å². The van der Waals surface area contributed by atoms with Gasteiger partial charge in [-0.1, -0.05) is 6.07 Å². The maximum absolute atomic E-state index is 12.5. The van der Waals surface area contributed by atoms with Crippen molar-refractivity contribution >= 4 is 33.3 Å². The van der Waals surface area contributed by atoms with Gasteiger partial charge in [0.15, 0.2) is 0 Å². The van der Waals surface area contributed by atoms with Crippen LogP contribution in [0.3, 0.4) is 0 Å². The number of hydrogen-bond acceptors (Lipinski definition) is 4. The van der Waals surface area contributed by atoms with E-state index in [9.17, 15) is 18.0 Å². The predicted octanol–water partition coefficient (Wildman–Crippen LogP) is 1.99. The Balaban J connectivity index is 1.93. The number of carbonyl (C=O) groups excluding carboxylic acids is 1. The molecule has 1 heterocycles. The summed E-state index contributed by atoms with van der Waals surface area (Å²) in [5.41, 5.74) is 1.93. The third-order valence-electron chi connectivity index (χ3n) is 3.73. The lowest BCUT2D eigenvalue weighted by Gasteiger charge is -2.11. The van der Waals surface area contributed by atoms with Crippen LogP contribution in [0.2, 0.25) is 0 Å². The van der Waals surface area contributed by atoms with Gasteiger partial charge in [-0.2, -0.15) is 0 Å². The van der Waals surface area contributed by atoms with Gasteiger partial charge in [-0.15, -0.1) is 0 Å². The lowest BCUT2D eigenvalue weighted by Crippen LogP contribution is -2.14. The number of anilines is 2. The van der Waals surface area contributed by atoms with Crippen molar-refractivity contribution in [3.8, 4) is 0 Å². The second-order valence-electron chi connectivity index (χ2n) is 5.48. The average molecular weight is 346 g/mol. The summed E-state index contributed by atoms with van der Waals surface area (Å²) in [4.78, 5) is 22.5. The summed E-state index contributed by atoms with van der Waals surface area (Å²) in [5, 5.41) is 11.8. The molecule has 3 N–H and O–H groups in total. The van der Waals surface area contributed by atoms with E-state index in [-0.39, 0.29) is 28.5 Å². The first-order valence-electron chi connectivity index (χ1n) is 7.06. The highest BCUT2D eigenvalue weighted by atomic mass is 32.2. The number of benzene rings is 2. The van der Waals surface area contributed by atoms with E-state index < -0.39 is 16.0 Å². The molecular weight excluding hydrogens is 332 g/mol. The zero-order chi connectivity index (χ0) is 17.5. The molecule has 0 radical (unpaired) electrons. The topological polar surface area (TPSA) is 113 Å². The standard InChI is InChI=1S/C16H14N2O5S/c1-9-2-3-11(8-13(9)16(20)21)18-24(22,23)12-4-5-14-10(6-12)7-15(19)17-14/h2-6,8,18H,7H2,1H3,(H,17,19)(H,20,21). The van der Waals surface area contributed by atoms with Gasteiger partial charge in [0.1, 0.15) is 0 Å². The fourth-order valence-electron chi connectivity index (χ4n) is 2.50. The van der Waals surface area contributed by atoms with Crippen LogP contribution < -0.4 is 10.0 Å². The zero-order valence-corrected chi connectivity index (χ0v) is 13.5. The van der Waals surface area contributed by atoms with E-state index in [1.807, 2.05) is 0 Å². The van der Waals surface area contributed by atoms with Crippen molar-refractivity contribution in [2.75, 3.05) is 10.0 Å². The molecule has 7 nitrogen and oxygen atoms in total. The van der Waals surface area contributed by atoms with Gasteiger partial charge in [-0.05, 0) is 48.4 Å². The molecule has 124 valence electrons. The summed E-state index contributed by atoms with van der Waals surface area (Å²) in [6.07, 6.45) is 0.131. The van der Waals surface area contributed by atoms with Gasteiger partial charge in [0.25, 0.3) is 10.0 Å². The molecular formula is C16H14N2O5S. The Hall–Kier alpha value is -2.87. The van der Waals surface area contributed by atoms with Crippen molar-refractivity contribution in [1.29, 1.82) is 0 Å². The SMILES string of the molecule is Cc1ccc(NS(=O)(=O)c2ccc3c(c2)CC(=O)N3)cc1C(=O)O. The smallest absolute Gasteiger partial charge is 0.336 e. The summed E-state index contributed by atoms with van der Waals surface area (Å²) < 4.78 is 27.3. The highest BCUT2D eigenvalue weighted by Crippen LogP contribution is 2.27. The molecule has 0 saturated carbocycles. The minimum absolute atomic E-state index is 0.00944. The predicted molar refractivity (Wildman–Crippen MR) is 87.7 cm³/mol. The highest BCUT2D eigenvalue weighted by molar-refractivity contribution is 7.92. The number of nitrogens with one attached hydrogen (secondary N) is 2. The Morgan fingerprint density at radius 1 is 1.21 bits per heavy atom. The molecule has 3 rings (SSSR count). The molecule has 1 aliphatic rings. The van der Waals surface area contributed by atoms with Gasteiger partial charge >= 0.3 is 5.97 Å². The fourth-order valence-corrected chi connectivity index (χ4v) is 3.60. The van der Waals surface area contributed by atoms with Gasteiger partial charge < -0.3 is 10.4 Å². The molecule has 0 fully saturated rings.